The van der Waals surface area contributed by atoms with E-state index in [0.717, 1.165) is 27.6 Å². The summed E-state index contributed by atoms with van der Waals surface area (Å²) in [6.07, 6.45) is 6.98. The van der Waals surface area contributed by atoms with Gasteiger partial charge in [-0.15, -0.1) is 11.3 Å². The summed E-state index contributed by atoms with van der Waals surface area (Å²) in [4.78, 5) is 17.9. The van der Waals surface area contributed by atoms with Gasteiger partial charge in [-0.05, 0) is 12.1 Å². The molecular weight excluding hydrogens is 358 g/mol. The van der Waals surface area contributed by atoms with E-state index in [2.05, 4.69) is 25.4 Å². The Morgan fingerprint density at radius 2 is 1.81 bits per heavy atom. The van der Waals surface area contributed by atoms with E-state index in [1.54, 1.807) is 34.4 Å². The molecule has 5 aromatic rings. The molecule has 4 aromatic heterocycles. The number of hydrogen-bond acceptors (Lipinski definition) is 7. The van der Waals surface area contributed by atoms with Crippen LogP contribution in [0.25, 0.3) is 27.6 Å². The molecule has 4 heterocycles. The van der Waals surface area contributed by atoms with Crippen molar-refractivity contribution >= 4 is 28.6 Å². The second-order valence-corrected chi connectivity index (χ2v) is 6.60. The van der Waals surface area contributed by atoms with Gasteiger partial charge in [0.15, 0.2) is 5.65 Å². The van der Waals surface area contributed by atoms with Crippen LogP contribution in [-0.2, 0) is 0 Å². The highest BCUT2D eigenvalue weighted by Gasteiger charge is 2.11. The number of nitrogens with zero attached hydrogens (tertiary/aromatic N) is 6. The molecule has 0 bridgehead atoms. The largest absolute Gasteiger partial charge is 0.320 e. The van der Waals surface area contributed by atoms with Crippen LogP contribution in [0.4, 0.5) is 11.6 Å². The van der Waals surface area contributed by atoms with Crippen molar-refractivity contribution in [3.05, 3.63) is 72.6 Å². The predicted octanol–water partition coefficient (Wildman–Crippen LogP) is 4.05. The van der Waals surface area contributed by atoms with Gasteiger partial charge < -0.3 is 5.32 Å². The molecule has 1 aromatic carbocycles. The maximum absolute atomic E-state index is 4.71. The van der Waals surface area contributed by atoms with E-state index in [1.165, 1.54) is 0 Å². The standard InChI is InChI=1S/C19H13N7S/c1-2-5-13(6-3-1)16-12-27-18(23-16)14-7-9-21-19(24-14)25-15-11-22-26-10-4-8-20-17(15)26/h1-12H,(H,21,24,25). The number of anilines is 2. The Hall–Kier alpha value is -3.65. The molecule has 5 rings (SSSR count). The first-order valence-corrected chi connectivity index (χ1v) is 9.14. The Morgan fingerprint density at radius 1 is 0.889 bits per heavy atom. The summed E-state index contributed by atoms with van der Waals surface area (Å²) < 4.78 is 1.69. The number of hydrogen-bond donors (Lipinski definition) is 1. The molecule has 0 fully saturated rings. The first-order chi connectivity index (χ1) is 13.4. The number of rotatable bonds is 4. The summed E-state index contributed by atoms with van der Waals surface area (Å²) >= 11 is 1.56. The topological polar surface area (TPSA) is 80.9 Å². The molecule has 0 amide bonds. The van der Waals surface area contributed by atoms with Gasteiger partial charge >= 0.3 is 0 Å². The van der Waals surface area contributed by atoms with E-state index in [4.69, 9.17) is 4.98 Å². The molecule has 1 N–H and O–H groups in total. The van der Waals surface area contributed by atoms with Gasteiger partial charge in [0, 0.05) is 29.5 Å². The van der Waals surface area contributed by atoms with Crippen molar-refractivity contribution in [2.45, 2.75) is 0 Å². The van der Waals surface area contributed by atoms with Crippen molar-refractivity contribution in [3.63, 3.8) is 0 Å². The van der Waals surface area contributed by atoms with E-state index in [0.29, 0.717) is 11.6 Å². The van der Waals surface area contributed by atoms with Gasteiger partial charge in [0.05, 0.1) is 11.9 Å². The van der Waals surface area contributed by atoms with Crippen LogP contribution in [0.15, 0.2) is 72.6 Å². The zero-order chi connectivity index (χ0) is 18.1. The van der Waals surface area contributed by atoms with E-state index >= 15 is 0 Å². The molecule has 7 nitrogen and oxygen atoms in total. The van der Waals surface area contributed by atoms with Crippen LogP contribution < -0.4 is 5.32 Å². The first kappa shape index (κ1) is 15.6. The molecule has 0 unspecified atom stereocenters. The normalized spacial score (nSPS) is 11.0. The Balaban J connectivity index is 1.45. The minimum absolute atomic E-state index is 0.476. The summed E-state index contributed by atoms with van der Waals surface area (Å²) in [5.41, 5.74) is 4.26. The van der Waals surface area contributed by atoms with Crippen LogP contribution in [0, 0.1) is 0 Å². The fourth-order valence-electron chi connectivity index (χ4n) is 2.71. The average molecular weight is 371 g/mol. The number of thiazole rings is 1. The van der Waals surface area contributed by atoms with E-state index in [-0.39, 0.29) is 0 Å². The smallest absolute Gasteiger partial charge is 0.227 e. The predicted molar refractivity (Wildman–Crippen MR) is 105 cm³/mol. The molecule has 0 aliphatic rings. The van der Waals surface area contributed by atoms with Crippen LogP contribution in [0.2, 0.25) is 0 Å². The number of aromatic nitrogens is 6. The minimum atomic E-state index is 0.476. The second kappa shape index (κ2) is 6.58. The maximum Gasteiger partial charge on any atom is 0.227 e. The van der Waals surface area contributed by atoms with E-state index in [1.807, 2.05) is 54.0 Å². The second-order valence-electron chi connectivity index (χ2n) is 5.74. The zero-order valence-electron chi connectivity index (χ0n) is 14.0. The van der Waals surface area contributed by atoms with Crippen molar-refractivity contribution in [1.82, 2.24) is 29.5 Å². The Kier molecular flexibility index (Phi) is 3.80. The fraction of sp³-hybridized carbons (Fsp3) is 0. The highest BCUT2D eigenvalue weighted by Crippen LogP contribution is 2.28. The monoisotopic (exact) mass is 371 g/mol. The molecule has 0 saturated carbocycles. The van der Waals surface area contributed by atoms with Crippen LogP contribution in [0.1, 0.15) is 0 Å². The molecule has 8 heteroatoms. The summed E-state index contributed by atoms with van der Waals surface area (Å²) in [6.45, 7) is 0. The molecule has 0 radical (unpaired) electrons. The minimum Gasteiger partial charge on any atom is -0.320 e. The summed E-state index contributed by atoms with van der Waals surface area (Å²) in [5, 5.41) is 10.3. The van der Waals surface area contributed by atoms with Gasteiger partial charge in [0.25, 0.3) is 0 Å². The van der Waals surface area contributed by atoms with Gasteiger partial charge in [-0.3, -0.25) is 0 Å². The lowest BCUT2D eigenvalue weighted by molar-refractivity contribution is 0.939. The van der Waals surface area contributed by atoms with E-state index in [9.17, 15) is 0 Å². The van der Waals surface area contributed by atoms with Crippen molar-refractivity contribution < 1.29 is 0 Å². The van der Waals surface area contributed by atoms with Crippen LogP contribution in [0.3, 0.4) is 0 Å². The Labute approximate surface area is 158 Å². The lowest BCUT2D eigenvalue weighted by atomic mass is 10.2. The van der Waals surface area contributed by atoms with Gasteiger partial charge in [-0.25, -0.2) is 24.5 Å². The van der Waals surface area contributed by atoms with Crippen molar-refractivity contribution in [1.29, 1.82) is 0 Å². The van der Waals surface area contributed by atoms with Crippen LogP contribution in [-0.4, -0.2) is 29.5 Å². The van der Waals surface area contributed by atoms with Crippen LogP contribution in [0.5, 0.6) is 0 Å². The van der Waals surface area contributed by atoms with Gasteiger partial charge in [-0.2, -0.15) is 5.10 Å². The zero-order valence-corrected chi connectivity index (χ0v) is 14.8. The SMILES string of the molecule is c1ccc(-c2csc(-c3ccnc(Nc4cnn5cccnc45)n3)n2)cc1. The highest BCUT2D eigenvalue weighted by atomic mass is 32.1. The molecule has 0 spiro atoms. The molecule has 0 saturated heterocycles. The number of fused-ring (bicyclic) bond motifs is 1. The van der Waals surface area contributed by atoms with Crippen molar-refractivity contribution in [2.75, 3.05) is 5.32 Å². The Morgan fingerprint density at radius 3 is 2.74 bits per heavy atom. The van der Waals surface area contributed by atoms with Crippen molar-refractivity contribution in [2.24, 2.45) is 0 Å². The number of nitrogens with one attached hydrogen (secondary N) is 1. The third-order valence-electron chi connectivity index (χ3n) is 3.97. The molecule has 0 atom stereocenters. The molecule has 27 heavy (non-hydrogen) atoms. The lowest BCUT2D eigenvalue weighted by Gasteiger charge is -2.03. The molecule has 0 aliphatic carbocycles. The van der Waals surface area contributed by atoms with E-state index < -0.39 is 0 Å². The molecular formula is C19H13N7S. The average Bonchev–Trinajstić information content (AvgIpc) is 3.37. The third-order valence-corrected chi connectivity index (χ3v) is 4.84. The summed E-state index contributed by atoms with van der Waals surface area (Å²) in [6, 6.07) is 13.8. The van der Waals surface area contributed by atoms with Gasteiger partial charge in [0.2, 0.25) is 5.95 Å². The highest BCUT2D eigenvalue weighted by molar-refractivity contribution is 7.13. The van der Waals surface area contributed by atoms with Crippen LogP contribution >= 0.6 is 11.3 Å². The van der Waals surface area contributed by atoms with Gasteiger partial charge in [0.1, 0.15) is 16.4 Å². The first-order valence-electron chi connectivity index (χ1n) is 8.26. The molecule has 130 valence electrons. The van der Waals surface area contributed by atoms with Gasteiger partial charge in [-0.1, -0.05) is 30.3 Å². The quantitative estimate of drug-likeness (QED) is 0.513. The molecule has 0 aliphatic heterocycles. The maximum atomic E-state index is 4.71. The summed E-state index contributed by atoms with van der Waals surface area (Å²) in [7, 11) is 0. The lowest BCUT2D eigenvalue weighted by Crippen LogP contribution is -1.98. The number of benzene rings is 1. The Bertz CT molecular complexity index is 1210. The third kappa shape index (κ3) is 3.02. The fourth-order valence-corrected chi connectivity index (χ4v) is 3.50. The van der Waals surface area contributed by atoms with Crippen molar-refractivity contribution in [3.8, 4) is 22.0 Å². The summed E-state index contributed by atoms with van der Waals surface area (Å²) in [5.74, 6) is 0.476.